The first kappa shape index (κ1) is 12.1. The lowest BCUT2D eigenvalue weighted by Crippen LogP contribution is -2.24. The molecule has 1 atom stereocenters. The van der Waals surface area contributed by atoms with Crippen molar-refractivity contribution in [2.75, 3.05) is 11.9 Å². The highest BCUT2D eigenvalue weighted by molar-refractivity contribution is 7.13. The Balaban J connectivity index is 1.80. The summed E-state index contributed by atoms with van der Waals surface area (Å²) in [4.78, 5) is 5.72. The third kappa shape index (κ3) is 1.87. The van der Waals surface area contributed by atoms with Crippen molar-refractivity contribution in [1.82, 2.24) is 14.8 Å². The van der Waals surface area contributed by atoms with Crippen molar-refractivity contribution in [2.24, 2.45) is 0 Å². The van der Waals surface area contributed by atoms with Gasteiger partial charge in [0.05, 0.1) is 4.88 Å². The van der Waals surface area contributed by atoms with Crippen LogP contribution < -0.4 is 5.32 Å². The molecule has 0 bridgehead atoms. The van der Waals surface area contributed by atoms with Gasteiger partial charge in [0.1, 0.15) is 22.6 Å². The molecule has 0 amide bonds. The highest BCUT2D eigenvalue weighted by Gasteiger charge is 2.25. The van der Waals surface area contributed by atoms with Crippen LogP contribution in [0.1, 0.15) is 23.0 Å². The Morgan fingerprint density at radius 1 is 1.35 bits per heavy atom. The summed E-state index contributed by atoms with van der Waals surface area (Å²) in [7, 11) is 0. The molecule has 0 spiro atoms. The number of thiophene rings is 1. The van der Waals surface area contributed by atoms with Gasteiger partial charge in [-0.1, -0.05) is 0 Å². The Labute approximate surface area is 125 Å². The van der Waals surface area contributed by atoms with Gasteiger partial charge in [-0.25, -0.2) is 9.67 Å². The number of nitrogens with zero attached hydrogens (tertiary/aromatic N) is 3. The fourth-order valence-electron chi connectivity index (χ4n) is 2.60. The Hall–Kier alpha value is -1.66. The van der Waals surface area contributed by atoms with Gasteiger partial charge in [0.15, 0.2) is 0 Å². The maximum atomic E-state index is 4.82. The summed E-state index contributed by atoms with van der Waals surface area (Å²) < 4.78 is 2.09. The predicted molar refractivity (Wildman–Crippen MR) is 83.6 cm³/mol. The first-order valence-corrected chi connectivity index (χ1v) is 8.36. The Morgan fingerprint density at radius 2 is 2.30 bits per heavy atom. The molecular weight excluding hydrogens is 288 g/mol. The van der Waals surface area contributed by atoms with E-state index in [9.17, 15) is 0 Å². The molecule has 4 nitrogen and oxygen atoms in total. The molecule has 0 aromatic carbocycles. The molecule has 102 valence electrons. The van der Waals surface area contributed by atoms with Crippen LogP contribution in [0.3, 0.4) is 0 Å². The fraction of sp³-hybridized carbons (Fsp3) is 0.286. The zero-order valence-corrected chi connectivity index (χ0v) is 12.7. The van der Waals surface area contributed by atoms with E-state index in [1.165, 1.54) is 10.4 Å². The summed E-state index contributed by atoms with van der Waals surface area (Å²) in [6.07, 6.45) is 2.90. The Bertz CT molecular complexity index is 726. The second-order valence-electron chi connectivity index (χ2n) is 4.89. The van der Waals surface area contributed by atoms with E-state index in [2.05, 4.69) is 39.4 Å². The molecule has 0 saturated heterocycles. The van der Waals surface area contributed by atoms with Crippen molar-refractivity contribution in [1.29, 1.82) is 0 Å². The lowest BCUT2D eigenvalue weighted by atomic mass is 10.2. The Morgan fingerprint density at radius 3 is 3.05 bits per heavy atom. The molecule has 4 rings (SSSR count). The van der Waals surface area contributed by atoms with E-state index in [-0.39, 0.29) is 6.04 Å². The number of hydrogen-bond donors (Lipinski definition) is 1. The molecule has 1 N–H and O–H groups in total. The van der Waals surface area contributed by atoms with Crippen molar-refractivity contribution in [2.45, 2.75) is 19.4 Å². The topological polar surface area (TPSA) is 42.7 Å². The molecule has 1 aliphatic heterocycles. The molecule has 3 aromatic heterocycles. The number of hydrogen-bond acceptors (Lipinski definition) is 5. The van der Waals surface area contributed by atoms with Crippen LogP contribution in [0.15, 0.2) is 29.1 Å². The summed E-state index contributed by atoms with van der Waals surface area (Å²) in [6.45, 7) is 3.11. The average molecular weight is 302 g/mol. The minimum absolute atomic E-state index is 0.264. The van der Waals surface area contributed by atoms with Gasteiger partial charge in [-0.3, -0.25) is 0 Å². The van der Waals surface area contributed by atoms with E-state index in [1.807, 2.05) is 11.6 Å². The second-order valence-corrected chi connectivity index (χ2v) is 6.74. The number of nitrogens with one attached hydrogen (secondary N) is 1. The van der Waals surface area contributed by atoms with E-state index in [0.717, 1.165) is 29.5 Å². The van der Waals surface area contributed by atoms with Crippen molar-refractivity contribution >= 4 is 28.5 Å². The molecule has 1 unspecified atom stereocenters. The van der Waals surface area contributed by atoms with Crippen LogP contribution in [-0.4, -0.2) is 21.3 Å². The molecule has 4 heterocycles. The van der Waals surface area contributed by atoms with E-state index >= 15 is 0 Å². The first-order chi connectivity index (χ1) is 9.83. The number of thiazole rings is 1. The van der Waals surface area contributed by atoms with E-state index in [4.69, 9.17) is 5.10 Å². The Kier molecular flexibility index (Phi) is 2.85. The average Bonchev–Trinajstić information content (AvgIpc) is 3.17. The molecule has 0 aliphatic carbocycles. The van der Waals surface area contributed by atoms with Crippen molar-refractivity contribution in [3.63, 3.8) is 0 Å². The van der Waals surface area contributed by atoms with Gasteiger partial charge in [0, 0.05) is 24.2 Å². The maximum absolute atomic E-state index is 4.82. The highest BCUT2D eigenvalue weighted by Crippen LogP contribution is 2.35. The van der Waals surface area contributed by atoms with E-state index in [1.54, 1.807) is 22.7 Å². The largest absolute Gasteiger partial charge is 0.370 e. The van der Waals surface area contributed by atoms with Crippen LogP contribution in [0.5, 0.6) is 0 Å². The minimum atomic E-state index is 0.264. The number of rotatable bonds is 2. The third-order valence-electron chi connectivity index (χ3n) is 3.59. The molecule has 0 saturated carbocycles. The fourth-order valence-corrected chi connectivity index (χ4v) is 4.24. The number of aromatic nitrogens is 3. The van der Waals surface area contributed by atoms with Crippen molar-refractivity contribution in [3.8, 4) is 10.6 Å². The lowest BCUT2D eigenvalue weighted by Gasteiger charge is -2.23. The van der Waals surface area contributed by atoms with Gasteiger partial charge in [-0.05, 0) is 30.4 Å². The standard InChI is InChI=1S/C14H14N4S2/c1-9-3-6-19-13(9)10-8-12-15-4-2-11(18(12)17-10)14-16-5-7-20-14/h3,5-8,11,15H,2,4H2,1H3. The zero-order valence-electron chi connectivity index (χ0n) is 11.0. The van der Waals surface area contributed by atoms with Gasteiger partial charge in [0.2, 0.25) is 0 Å². The van der Waals surface area contributed by atoms with Crippen LogP contribution >= 0.6 is 22.7 Å². The molecular formula is C14H14N4S2. The van der Waals surface area contributed by atoms with E-state index < -0.39 is 0 Å². The molecule has 20 heavy (non-hydrogen) atoms. The second kappa shape index (κ2) is 4.71. The van der Waals surface area contributed by atoms with E-state index in [0.29, 0.717) is 0 Å². The van der Waals surface area contributed by atoms with Crippen LogP contribution in [0.25, 0.3) is 10.6 Å². The van der Waals surface area contributed by atoms with Crippen LogP contribution in [0.2, 0.25) is 0 Å². The van der Waals surface area contributed by atoms with Crippen LogP contribution in [0.4, 0.5) is 5.82 Å². The summed E-state index contributed by atoms with van der Waals surface area (Å²) in [5.74, 6) is 1.10. The maximum Gasteiger partial charge on any atom is 0.125 e. The van der Waals surface area contributed by atoms with Gasteiger partial charge >= 0.3 is 0 Å². The first-order valence-electron chi connectivity index (χ1n) is 6.60. The van der Waals surface area contributed by atoms with Crippen LogP contribution in [-0.2, 0) is 0 Å². The summed E-state index contributed by atoms with van der Waals surface area (Å²) >= 11 is 3.45. The van der Waals surface area contributed by atoms with Gasteiger partial charge in [-0.15, -0.1) is 22.7 Å². The van der Waals surface area contributed by atoms with Gasteiger partial charge in [-0.2, -0.15) is 5.10 Å². The molecule has 6 heteroatoms. The molecule has 1 aliphatic rings. The summed E-state index contributed by atoms with van der Waals surface area (Å²) in [5.41, 5.74) is 2.35. The monoisotopic (exact) mass is 302 g/mol. The minimum Gasteiger partial charge on any atom is -0.370 e. The molecule has 0 radical (unpaired) electrons. The quantitative estimate of drug-likeness (QED) is 0.783. The number of fused-ring (bicyclic) bond motifs is 1. The van der Waals surface area contributed by atoms with Crippen molar-refractivity contribution < 1.29 is 0 Å². The SMILES string of the molecule is Cc1ccsc1-c1cc2n(n1)C(c1nccs1)CCN2. The van der Waals surface area contributed by atoms with Gasteiger partial charge in [0.25, 0.3) is 0 Å². The summed E-state index contributed by atoms with van der Waals surface area (Å²) in [5, 5.41) is 13.6. The number of aryl methyl sites for hydroxylation is 1. The third-order valence-corrected chi connectivity index (χ3v) is 5.50. The normalized spacial score (nSPS) is 17.8. The van der Waals surface area contributed by atoms with Crippen LogP contribution in [0, 0.1) is 6.92 Å². The zero-order chi connectivity index (χ0) is 13.5. The lowest BCUT2D eigenvalue weighted by molar-refractivity contribution is 0.481. The molecule has 0 fully saturated rings. The predicted octanol–water partition coefficient (Wildman–Crippen LogP) is 3.78. The summed E-state index contributed by atoms with van der Waals surface area (Å²) in [6, 6.07) is 4.56. The van der Waals surface area contributed by atoms with Gasteiger partial charge < -0.3 is 5.32 Å². The van der Waals surface area contributed by atoms with Crippen molar-refractivity contribution in [3.05, 3.63) is 39.7 Å². The number of anilines is 1. The molecule has 3 aromatic rings. The smallest absolute Gasteiger partial charge is 0.125 e. The highest BCUT2D eigenvalue weighted by atomic mass is 32.1.